The lowest BCUT2D eigenvalue weighted by atomic mass is 9.92. The third kappa shape index (κ3) is 7.84. The molecule has 6 nitrogen and oxygen atoms in total. The molecule has 1 N–H and O–H groups in total. The molecule has 0 aliphatic rings. The molecule has 192 valence electrons. The van der Waals surface area contributed by atoms with Gasteiger partial charge < -0.3 is 19.1 Å². The molecule has 37 heavy (non-hydrogen) atoms. The van der Waals surface area contributed by atoms with Crippen LogP contribution in [0.25, 0.3) is 0 Å². The van der Waals surface area contributed by atoms with Crippen LogP contribution in [0.3, 0.4) is 0 Å². The van der Waals surface area contributed by atoms with Crippen molar-refractivity contribution in [2.45, 2.75) is 39.2 Å². The summed E-state index contributed by atoms with van der Waals surface area (Å²) < 4.78 is 16.9. The molecule has 1 atom stereocenters. The Hall–Kier alpha value is -4.32. The van der Waals surface area contributed by atoms with Gasteiger partial charge in [-0.3, -0.25) is 4.79 Å². The first kappa shape index (κ1) is 27.3. The summed E-state index contributed by atoms with van der Waals surface area (Å²) in [6, 6.07) is 16.9. The third-order valence-electron chi connectivity index (χ3n) is 6.10. The Morgan fingerprint density at radius 1 is 1.05 bits per heavy atom. The van der Waals surface area contributed by atoms with E-state index in [4.69, 9.17) is 14.0 Å². The Kier molecular flexibility index (Phi) is 10.1. The van der Waals surface area contributed by atoms with Crippen molar-refractivity contribution in [1.82, 2.24) is 5.16 Å². The topological polar surface area (TPSA) is 81.8 Å². The van der Waals surface area contributed by atoms with Crippen LogP contribution in [0.5, 0.6) is 11.5 Å². The summed E-state index contributed by atoms with van der Waals surface area (Å²) in [5.41, 5.74) is 5.80. The maximum absolute atomic E-state index is 11.3. The van der Waals surface area contributed by atoms with Crippen molar-refractivity contribution in [3.8, 4) is 11.5 Å². The monoisotopic (exact) mass is 499 g/mol. The van der Waals surface area contributed by atoms with E-state index >= 15 is 0 Å². The molecule has 0 saturated carbocycles. The molecule has 0 aliphatic carbocycles. The Morgan fingerprint density at radius 2 is 1.73 bits per heavy atom. The highest BCUT2D eigenvalue weighted by Gasteiger charge is 2.20. The van der Waals surface area contributed by atoms with Gasteiger partial charge in [0.2, 0.25) is 0 Å². The number of nitrogens with zero attached hydrogens (tertiary/aromatic N) is 1. The molecular formula is C31H33NO5. The van der Waals surface area contributed by atoms with Crippen molar-refractivity contribution in [2.24, 2.45) is 0 Å². The van der Waals surface area contributed by atoms with Gasteiger partial charge in [0.25, 0.3) is 0 Å². The zero-order chi connectivity index (χ0) is 26.6. The average molecular weight is 500 g/mol. The lowest BCUT2D eigenvalue weighted by molar-refractivity contribution is -0.137. The number of carbonyl (C=O) groups is 1. The number of aromatic nitrogens is 1. The van der Waals surface area contributed by atoms with Gasteiger partial charge in [-0.05, 0) is 59.9 Å². The fraction of sp³-hybridized carbons (Fsp3) is 0.226. The van der Waals surface area contributed by atoms with Crippen molar-refractivity contribution in [1.29, 1.82) is 0 Å². The van der Waals surface area contributed by atoms with E-state index in [1.54, 1.807) is 12.1 Å². The van der Waals surface area contributed by atoms with E-state index in [0.717, 1.165) is 34.4 Å². The minimum absolute atomic E-state index is 0.0735. The zero-order valence-electron chi connectivity index (χ0n) is 21.4. The van der Waals surface area contributed by atoms with Gasteiger partial charge in [0.05, 0.1) is 12.1 Å². The highest BCUT2D eigenvalue weighted by atomic mass is 16.5. The molecule has 0 amide bonds. The van der Waals surface area contributed by atoms with Gasteiger partial charge in [-0.15, -0.1) is 0 Å². The number of benzene rings is 2. The molecule has 0 saturated heterocycles. The summed E-state index contributed by atoms with van der Waals surface area (Å²) in [4.78, 5) is 11.3. The van der Waals surface area contributed by atoms with Gasteiger partial charge in [0.1, 0.15) is 31.0 Å². The van der Waals surface area contributed by atoms with Crippen molar-refractivity contribution in [2.75, 3.05) is 6.61 Å². The lowest BCUT2D eigenvalue weighted by Gasteiger charge is -2.15. The highest BCUT2D eigenvalue weighted by molar-refractivity contribution is 5.68. The van der Waals surface area contributed by atoms with E-state index in [1.165, 1.54) is 11.8 Å². The van der Waals surface area contributed by atoms with Gasteiger partial charge in [-0.25, -0.2) is 0 Å². The van der Waals surface area contributed by atoms with Crippen LogP contribution in [0.1, 0.15) is 49.4 Å². The van der Waals surface area contributed by atoms with Crippen molar-refractivity contribution >= 4 is 5.97 Å². The van der Waals surface area contributed by atoms with Crippen LogP contribution in [0.2, 0.25) is 0 Å². The Balaban J connectivity index is 1.59. The average Bonchev–Trinajstić information content (AvgIpc) is 3.45. The number of hydrogen-bond acceptors (Lipinski definition) is 5. The summed E-state index contributed by atoms with van der Waals surface area (Å²) in [5, 5.41) is 13.2. The van der Waals surface area contributed by atoms with E-state index in [0.29, 0.717) is 24.7 Å². The smallest absolute Gasteiger partial charge is 0.304 e. The van der Waals surface area contributed by atoms with Gasteiger partial charge in [0, 0.05) is 12.0 Å². The quantitative estimate of drug-likeness (QED) is 0.235. The normalized spacial score (nSPS) is 12.9. The van der Waals surface area contributed by atoms with Gasteiger partial charge >= 0.3 is 5.97 Å². The van der Waals surface area contributed by atoms with Crippen LogP contribution in [-0.2, 0) is 11.4 Å². The molecule has 3 aromatic rings. The minimum atomic E-state index is -0.900. The molecule has 1 heterocycles. The summed E-state index contributed by atoms with van der Waals surface area (Å²) >= 11 is 0. The molecular weight excluding hydrogens is 466 g/mol. The second kappa shape index (κ2) is 13.7. The van der Waals surface area contributed by atoms with Crippen LogP contribution in [-0.4, -0.2) is 22.8 Å². The predicted octanol–water partition coefficient (Wildman–Crippen LogP) is 7.26. The molecule has 0 aliphatic heterocycles. The molecule has 0 spiro atoms. The Morgan fingerprint density at radius 3 is 2.30 bits per heavy atom. The summed E-state index contributed by atoms with van der Waals surface area (Å²) in [6.07, 6.45) is 7.83. The molecule has 3 rings (SSSR count). The van der Waals surface area contributed by atoms with Crippen LogP contribution in [0.15, 0.2) is 113 Å². The number of aliphatic carboxylic acids is 1. The summed E-state index contributed by atoms with van der Waals surface area (Å²) in [7, 11) is 0. The Bertz CT molecular complexity index is 1240. The molecule has 6 heteroatoms. The minimum Gasteiger partial charge on any atom is -0.489 e. The first-order valence-electron chi connectivity index (χ1n) is 12.2. The summed E-state index contributed by atoms with van der Waals surface area (Å²) in [6.45, 7) is 12.8. The number of allylic oxidation sites excluding steroid dienone is 4. The largest absolute Gasteiger partial charge is 0.489 e. The van der Waals surface area contributed by atoms with Crippen molar-refractivity contribution in [3.05, 3.63) is 126 Å². The van der Waals surface area contributed by atoms with Crippen LogP contribution >= 0.6 is 0 Å². The zero-order valence-corrected chi connectivity index (χ0v) is 21.4. The van der Waals surface area contributed by atoms with Gasteiger partial charge in [-0.2, -0.15) is 0 Å². The number of carboxylic acids is 1. The van der Waals surface area contributed by atoms with Crippen molar-refractivity contribution < 1.29 is 23.9 Å². The summed E-state index contributed by atoms with van der Waals surface area (Å²) in [5.74, 6) is 0.176. The number of carboxylic acid groups (broad SMARTS) is 1. The van der Waals surface area contributed by atoms with E-state index in [1.807, 2.05) is 60.7 Å². The standard InChI is InChI=1S/C31H33NO5/c1-5-8-24(7-3)29(22(4)6-2)21-36-26-13-9-23(10-14-26)20-35-27-15-11-25(12-16-27)28(19-31(33)34)30-17-18-37-32-30/h5,7-18,28H,1,3,6,19-21H2,2,4H3,(H,33,34). The highest BCUT2D eigenvalue weighted by Crippen LogP contribution is 2.29. The van der Waals surface area contributed by atoms with Crippen LogP contribution in [0, 0.1) is 0 Å². The first-order chi connectivity index (χ1) is 17.9. The Labute approximate surface area is 218 Å². The molecule has 1 unspecified atom stereocenters. The molecule has 0 bridgehead atoms. The second-order valence-corrected chi connectivity index (χ2v) is 8.54. The van der Waals surface area contributed by atoms with E-state index in [-0.39, 0.29) is 12.3 Å². The maximum atomic E-state index is 11.3. The number of ether oxygens (including phenoxy) is 2. The molecule has 0 radical (unpaired) electrons. The molecule has 2 aromatic carbocycles. The predicted molar refractivity (Wildman–Crippen MR) is 145 cm³/mol. The SMILES string of the molecule is C=CC=C(C=C)C(COc1ccc(COc2ccc(C(CC(=O)O)c3ccon3)cc2)cc1)=C(C)CC. The van der Waals surface area contributed by atoms with Gasteiger partial charge in [-0.1, -0.05) is 73.3 Å². The van der Waals surface area contributed by atoms with E-state index < -0.39 is 5.97 Å². The van der Waals surface area contributed by atoms with Crippen LogP contribution < -0.4 is 9.47 Å². The van der Waals surface area contributed by atoms with E-state index in [9.17, 15) is 9.90 Å². The maximum Gasteiger partial charge on any atom is 0.304 e. The number of hydrogen-bond donors (Lipinski definition) is 1. The third-order valence-corrected chi connectivity index (χ3v) is 6.10. The molecule has 0 fully saturated rings. The second-order valence-electron chi connectivity index (χ2n) is 8.54. The van der Waals surface area contributed by atoms with Crippen molar-refractivity contribution in [3.63, 3.8) is 0 Å². The lowest BCUT2D eigenvalue weighted by Crippen LogP contribution is -2.08. The fourth-order valence-corrected chi connectivity index (χ4v) is 3.85. The fourth-order valence-electron chi connectivity index (χ4n) is 3.85. The molecule has 1 aromatic heterocycles. The van der Waals surface area contributed by atoms with E-state index in [2.05, 4.69) is 32.2 Å². The van der Waals surface area contributed by atoms with Gasteiger partial charge in [0.15, 0.2) is 0 Å². The number of rotatable bonds is 14. The first-order valence-corrected chi connectivity index (χ1v) is 12.2. The van der Waals surface area contributed by atoms with Crippen LogP contribution in [0.4, 0.5) is 0 Å².